The van der Waals surface area contributed by atoms with Crippen LogP contribution in [0.2, 0.25) is 0 Å². The number of aliphatic carboxylic acids is 1. The van der Waals surface area contributed by atoms with E-state index >= 15 is 0 Å². The molecule has 1 heterocycles. The van der Waals surface area contributed by atoms with Crippen molar-refractivity contribution in [2.75, 3.05) is 5.75 Å². The number of hydrogen-bond donors (Lipinski definition) is 1. The Morgan fingerprint density at radius 2 is 2.00 bits per heavy atom. The molecule has 2 rings (SSSR count). The van der Waals surface area contributed by atoms with Crippen LogP contribution < -0.4 is 0 Å². The predicted molar refractivity (Wildman–Crippen MR) is 73.3 cm³/mol. The molecule has 0 spiro atoms. The Labute approximate surface area is 117 Å². The van der Waals surface area contributed by atoms with E-state index in [2.05, 4.69) is 15.9 Å². The fourth-order valence-electron chi connectivity index (χ4n) is 1.97. The van der Waals surface area contributed by atoms with Crippen LogP contribution in [0.25, 0.3) is 0 Å². The van der Waals surface area contributed by atoms with Gasteiger partial charge in [0.1, 0.15) is 11.4 Å². The van der Waals surface area contributed by atoms with E-state index in [1.165, 1.54) is 23.6 Å². The maximum atomic E-state index is 11.7. The molecule has 1 aromatic carbocycles. The number of carbonyl (C=O) groups excluding carboxylic acids is 1. The summed E-state index contributed by atoms with van der Waals surface area (Å²) in [7, 11) is 0. The van der Waals surface area contributed by atoms with Gasteiger partial charge in [0.05, 0.1) is 0 Å². The first-order valence-electron chi connectivity index (χ1n) is 5.39. The van der Waals surface area contributed by atoms with Crippen molar-refractivity contribution in [3.63, 3.8) is 0 Å². The van der Waals surface area contributed by atoms with E-state index in [0.717, 1.165) is 10.0 Å². The largest absolute Gasteiger partial charge is 0.480 e. The molecule has 0 saturated carbocycles. The minimum atomic E-state index is -0.947. The number of carbonyl (C=O) groups is 2. The molecule has 1 saturated heterocycles. The maximum absolute atomic E-state index is 11.7. The van der Waals surface area contributed by atoms with Gasteiger partial charge in [-0.2, -0.15) is 0 Å². The number of carboxylic acids is 1. The predicted octanol–water partition coefficient (Wildman–Crippen LogP) is 2.50. The smallest absolute Gasteiger partial charge is 0.327 e. The number of nitrogens with zero attached hydrogens (tertiary/aromatic N) is 1. The fourth-order valence-corrected chi connectivity index (χ4v) is 3.70. The Kier molecular flexibility index (Phi) is 3.97. The van der Waals surface area contributed by atoms with Crippen molar-refractivity contribution in [1.82, 2.24) is 4.90 Å². The average molecular weight is 330 g/mol. The Hall–Kier alpha value is -1.01. The van der Waals surface area contributed by atoms with Crippen molar-refractivity contribution in [3.05, 3.63) is 34.3 Å². The Morgan fingerprint density at radius 1 is 1.39 bits per heavy atom. The van der Waals surface area contributed by atoms with Crippen LogP contribution in [0, 0.1) is 0 Å². The minimum absolute atomic E-state index is 0.208. The summed E-state index contributed by atoms with van der Waals surface area (Å²) in [5.74, 6) is -0.729. The monoisotopic (exact) mass is 329 g/mol. The summed E-state index contributed by atoms with van der Waals surface area (Å²) in [6.07, 6.45) is 0. The third-order valence-corrected chi connectivity index (χ3v) is 4.66. The third-order valence-electron chi connectivity index (χ3n) is 2.80. The second-order valence-corrected chi connectivity index (χ2v) is 6.05. The number of thioether (sulfide) groups is 1. The van der Waals surface area contributed by atoms with E-state index in [4.69, 9.17) is 5.11 Å². The molecule has 96 valence electrons. The first-order chi connectivity index (χ1) is 8.50. The molecule has 1 aromatic rings. The van der Waals surface area contributed by atoms with Crippen molar-refractivity contribution in [3.8, 4) is 0 Å². The first kappa shape index (κ1) is 13.4. The third kappa shape index (κ3) is 2.54. The summed E-state index contributed by atoms with van der Waals surface area (Å²) in [5.41, 5.74) is 0.946. The molecule has 6 heteroatoms. The molecule has 4 nitrogen and oxygen atoms in total. The zero-order chi connectivity index (χ0) is 13.3. The maximum Gasteiger partial charge on any atom is 0.327 e. The highest BCUT2D eigenvalue weighted by atomic mass is 79.9. The van der Waals surface area contributed by atoms with Gasteiger partial charge < -0.3 is 10.0 Å². The van der Waals surface area contributed by atoms with Gasteiger partial charge in [0, 0.05) is 17.1 Å². The molecule has 0 bridgehead atoms. The number of halogens is 1. The molecule has 1 aliphatic heterocycles. The minimum Gasteiger partial charge on any atom is -0.480 e. The van der Waals surface area contributed by atoms with Crippen molar-refractivity contribution < 1.29 is 14.7 Å². The Bertz CT molecular complexity index is 477. The van der Waals surface area contributed by atoms with Gasteiger partial charge in [-0.1, -0.05) is 28.1 Å². The average Bonchev–Trinajstić information content (AvgIpc) is 2.74. The van der Waals surface area contributed by atoms with Crippen LogP contribution in [0.15, 0.2) is 28.7 Å². The van der Waals surface area contributed by atoms with Gasteiger partial charge in [0.15, 0.2) is 0 Å². The highest BCUT2D eigenvalue weighted by Gasteiger charge is 2.40. The van der Waals surface area contributed by atoms with Crippen molar-refractivity contribution >= 4 is 39.6 Å². The van der Waals surface area contributed by atoms with Gasteiger partial charge in [-0.25, -0.2) is 4.79 Å². The molecule has 1 amide bonds. The van der Waals surface area contributed by atoms with Crippen LogP contribution in [0.1, 0.15) is 17.9 Å². The van der Waals surface area contributed by atoms with Gasteiger partial charge >= 0.3 is 5.97 Å². The van der Waals surface area contributed by atoms with E-state index < -0.39 is 12.0 Å². The number of carboxylic acid groups (broad SMARTS) is 1. The van der Waals surface area contributed by atoms with Crippen molar-refractivity contribution in [2.45, 2.75) is 18.3 Å². The van der Waals surface area contributed by atoms with Crippen LogP contribution >= 0.6 is 27.7 Å². The molecule has 2 atom stereocenters. The quantitative estimate of drug-likeness (QED) is 0.905. The fraction of sp³-hybridized carbons (Fsp3) is 0.333. The first-order valence-corrected chi connectivity index (χ1v) is 7.23. The topological polar surface area (TPSA) is 57.6 Å². The molecule has 0 aliphatic carbocycles. The lowest BCUT2D eigenvalue weighted by atomic mass is 10.2. The summed E-state index contributed by atoms with van der Waals surface area (Å²) >= 11 is 4.83. The van der Waals surface area contributed by atoms with Gasteiger partial charge in [-0.15, -0.1) is 11.8 Å². The van der Waals surface area contributed by atoms with E-state index in [0.29, 0.717) is 5.75 Å². The van der Waals surface area contributed by atoms with E-state index in [9.17, 15) is 9.59 Å². The summed E-state index contributed by atoms with van der Waals surface area (Å²) in [5, 5.41) is 8.92. The summed E-state index contributed by atoms with van der Waals surface area (Å²) < 4.78 is 0.957. The van der Waals surface area contributed by atoms with Crippen LogP contribution in [-0.4, -0.2) is 33.7 Å². The SMILES string of the molecule is CC(=O)N1C(C(=O)O)CSC1c1ccc(Br)cc1. The lowest BCUT2D eigenvalue weighted by Gasteiger charge is -2.26. The normalized spacial score (nSPS) is 23.1. The van der Waals surface area contributed by atoms with Crippen LogP contribution in [0.4, 0.5) is 0 Å². The van der Waals surface area contributed by atoms with Gasteiger partial charge in [-0.3, -0.25) is 4.79 Å². The van der Waals surface area contributed by atoms with E-state index in [1.807, 2.05) is 24.3 Å². The number of benzene rings is 1. The molecule has 0 aromatic heterocycles. The lowest BCUT2D eigenvalue weighted by Crippen LogP contribution is -2.41. The number of hydrogen-bond acceptors (Lipinski definition) is 3. The highest BCUT2D eigenvalue weighted by molar-refractivity contribution is 9.10. The van der Waals surface area contributed by atoms with E-state index in [-0.39, 0.29) is 11.3 Å². The molecule has 1 N–H and O–H groups in total. The second kappa shape index (κ2) is 5.32. The molecule has 0 radical (unpaired) electrons. The molecular weight excluding hydrogens is 318 g/mol. The molecular formula is C12H12BrNO3S. The van der Waals surface area contributed by atoms with E-state index in [1.54, 1.807) is 0 Å². The van der Waals surface area contributed by atoms with Gasteiger partial charge in [-0.05, 0) is 17.7 Å². The molecule has 2 unspecified atom stereocenters. The van der Waals surface area contributed by atoms with Crippen molar-refractivity contribution in [2.24, 2.45) is 0 Å². The standard InChI is InChI=1S/C12H12BrNO3S/c1-7(15)14-10(12(16)17)6-18-11(14)8-2-4-9(13)5-3-8/h2-5,10-11H,6H2,1H3,(H,16,17). The Morgan fingerprint density at radius 3 is 2.50 bits per heavy atom. The summed E-state index contributed by atoms with van der Waals surface area (Å²) in [6.45, 7) is 1.41. The van der Waals surface area contributed by atoms with Crippen LogP contribution in [0.3, 0.4) is 0 Å². The molecule has 1 fully saturated rings. The lowest BCUT2D eigenvalue weighted by molar-refractivity contribution is -0.148. The zero-order valence-corrected chi connectivity index (χ0v) is 12.1. The highest BCUT2D eigenvalue weighted by Crippen LogP contribution is 2.41. The van der Waals surface area contributed by atoms with Gasteiger partial charge in [0.2, 0.25) is 5.91 Å². The summed E-state index contributed by atoms with van der Waals surface area (Å²) in [4.78, 5) is 24.2. The molecule has 1 aliphatic rings. The van der Waals surface area contributed by atoms with Crippen molar-refractivity contribution in [1.29, 1.82) is 0 Å². The van der Waals surface area contributed by atoms with Crippen LogP contribution in [-0.2, 0) is 9.59 Å². The number of rotatable bonds is 2. The zero-order valence-electron chi connectivity index (χ0n) is 9.67. The van der Waals surface area contributed by atoms with Gasteiger partial charge in [0.25, 0.3) is 0 Å². The number of amides is 1. The molecule has 18 heavy (non-hydrogen) atoms. The second-order valence-electron chi connectivity index (χ2n) is 4.02. The summed E-state index contributed by atoms with van der Waals surface area (Å²) in [6, 6.07) is 6.86. The van der Waals surface area contributed by atoms with Crippen LogP contribution in [0.5, 0.6) is 0 Å². The Balaban J connectivity index is 2.30.